The normalized spacial score (nSPS) is 37.3. The average Bonchev–Trinajstić information content (AvgIpc) is 2.56. The number of hydrogen-bond donors (Lipinski definition) is 1. The lowest BCUT2D eigenvalue weighted by atomic mass is 9.85. The second-order valence-corrected chi connectivity index (χ2v) is 7.31. The minimum Gasteiger partial charge on any atom is -0.327 e. The van der Waals surface area contributed by atoms with Crippen LogP contribution in [0.3, 0.4) is 0 Å². The largest absolute Gasteiger partial charge is 0.327 e. The topological polar surface area (TPSA) is 32.5 Å². The molecule has 1 aliphatic heterocycles. The summed E-state index contributed by atoms with van der Waals surface area (Å²) in [6.45, 7) is 8.32. The van der Waals surface area contributed by atoms with E-state index >= 15 is 0 Å². The van der Waals surface area contributed by atoms with Crippen molar-refractivity contribution in [2.75, 3.05) is 33.7 Å². The third-order valence-corrected chi connectivity index (χ3v) is 5.32. The number of rotatable bonds is 3. The second kappa shape index (κ2) is 5.48. The lowest BCUT2D eigenvalue weighted by molar-refractivity contribution is 0.114. The van der Waals surface area contributed by atoms with Gasteiger partial charge in [0.05, 0.1) is 0 Å². The molecule has 1 saturated heterocycles. The van der Waals surface area contributed by atoms with Crippen molar-refractivity contribution in [1.82, 2.24) is 9.80 Å². The zero-order valence-electron chi connectivity index (χ0n) is 12.7. The van der Waals surface area contributed by atoms with Crippen molar-refractivity contribution in [2.45, 2.75) is 51.6 Å². The Morgan fingerprint density at radius 1 is 1.33 bits per heavy atom. The highest BCUT2D eigenvalue weighted by Crippen LogP contribution is 2.40. The Balaban J connectivity index is 1.86. The molecule has 0 aromatic heterocycles. The van der Waals surface area contributed by atoms with E-state index in [0.717, 1.165) is 6.04 Å². The van der Waals surface area contributed by atoms with Gasteiger partial charge in [-0.2, -0.15) is 0 Å². The van der Waals surface area contributed by atoms with Crippen molar-refractivity contribution in [3.05, 3.63) is 0 Å². The van der Waals surface area contributed by atoms with Crippen molar-refractivity contribution in [1.29, 1.82) is 0 Å². The molecule has 2 N–H and O–H groups in total. The third-order valence-electron chi connectivity index (χ3n) is 5.32. The van der Waals surface area contributed by atoms with Crippen LogP contribution in [0.25, 0.3) is 0 Å². The third kappa shape index (κ3) is 3.06. The first-order chi connectivity index (χ1) is 8.40. The molecular weight excluding hydrogens is 222 g/mol. The Kier molecular flexibility index (Phi) is 4.35. The Hall–Kier alpha value is -0.120. The first-order valence-corrected chi connectivity index (χ1v) is 7.54. The maximum atomic E-state index is 6.42. The molecular formula is C15H31N3. The average molecular weight is 253 g/mol. The van der Waals surface area contributed by atoms with Crippen molar-refractivity contribution in [3.63, 3.8) is 0 Å². The summed E-state index contributed by atoms with van der Waals surface area (Å²) in [5, 5.41) is 0. The highest BCUT2D eigenvalue weighted by molar-refractivity contribution is 4.95. The lowest BCUT2D eigenvalue weighted by Gasteiger charge is -2.38. The summed E-state index contributed by atoms with van der Waals surface area (Å²) in [6.07, 6.45) is 5.29. The minimum absolute atomic E-state index is 0.342. The molecule has 3 atom stereocenters. The summed E-state index contributed by atoms with van der Waals surface area (Å²) in [5.74, 6) is 0.692. The summed E-state index contributed by atoms with van der Waals surface area (Å²) < 4.78 is 0. The van der Waals surface area contributed by atoms with Gasteiger partial charge in [-0.05, 0) is 57.7 Å². The summed E-state index contributed by atoms with van der Waals surface area (Å²) in [4.78, 5) is 5.03. The molecule has 0 bridgehead atoms. The Morgan fingerprint density at radius 3 is 2.61 bits per heavy atom. The molecule has 1 heterocycles. The van der Waals surface area contributed by atoms with Crippen LogP contribution in [-0.4, -0.2) is 55.6 Å². The fourth-order valence-electron chi connectivity index (χ4n) is 3.76. The Labute approximate surface area is 113 Å². The molecule has 3 nitrogen and oxygen atoms in total. The van der Waals surface area contributed by atoms with Gasteiger partial charge in [0.1, 0.15) is 0 Å². The molecule has 3 heteroatoms. The molecule has 3 unspecified atom stereocenters. The molecule has 0 amide bonds. The van der Waals surface area contributed by atoms with Crippen LogP contribution in [0.2, 0.25) is 0 Å². The number of likely N-dealkylation sites (N-methyl/N-ethyl adjacent to an activating group) is 2. The summed E-state index contributed by atoms with van der Waals surface area (Å²) in [5.41, 5.74) is 6.77. The molecule has 2 rings (SSSR count). The van der Waals surface area contributed by atoms with Gasteiger partial charge in [-0.1, -0.05) is 13.8 Å². The van der Waals surface area contributed by atoms with Gasteiger partial charge >= 0.3 is 0 Å². The number of nitrogens with two attached hydrogens (primary N) is 1. The SMILES string of the molecule is CN1CCCC(N(C)CC2CCC(C)(C)C2N)C1. The first kappa shape index (κ1) is 14.3. The van der Waals surface area contributed by atoms with Gasteiger partial charge in [0.2, 0.25) is 0 Å². The van der Waals surface area contributed by atoms with Gasteiger partial charge in [-0.3, -0.25) is 0 Å². The van der Waals surface area contributed by atoms with E-state index in [-0.39, 0.29) is 0 Å². The smallest absolute Gasteiger partial charge is 0.0220 e. The highest BCUT2D eigenvalue weighted by Gasteiger charge is 2.40. The summed E-state index contributed by atoms with van der Waals surface area (Å²) in [7, 11) is 4.53. The number of likely N-dealkylation sites (tertiary alicyclic amines) is 1. The molecule has 0 radical (unpaired) electrons. The first-order valence-electron chi connectivity index (χ1n) is 7.54. The molecule has 0 aromatic rings. The molecule has 2 fully saturated rings. The number of piperidine rings is 1. The summed E-state index contributed by atoms with van der Waals surface area (Å²) >= 11 is 0. The van der Waals surface area contributed by atoms with E-state index in [2.05, 4.69) is 37.7 Å². The maximum absolute atomic E-state index is 6.42. The van der Waals surface area contributed by atoms with Crippen LogP contribution in [0.15, 0.2) is 0 Å². The van der Waals surface area contributed by atoms with E-state index < -0.39 is 0 Å². The van der Waals surface area contributed by atoms with E-state index in [1.807, 2.05) is 0 Å². The highest BCUT2D eigenvalue weighted by atomic mass is 15.2. The van der Waals surface area contributed by atoms with Crippen LogP contribution >= 0.6 is 0 Å². The van der Waals surface area contributed by atoms with Crippen molar-refractivity contribution < 1.29 is 0 Å². The lowest BCUT2D eigenvalue weighted by Crippen LogP contribution is -2.48. The minimum atomic E-state index is 0.342. The van der Waals surface area contributed by atoms with Crippen LogP contribution in [0, 0.1) is 11.3 Å². The van der Waals surface area contributed by atoms with E-state index in [4.69, 9.17) is 5.73 Å². The number of hydrogen-bond acceptors (Lipinski definition) is 3. The van der Waals surface area contributed by atoms with Crippen molar-refractivity contribution >= 4 is 0 Å². The molecule has 18 heavy (non-hydrogen) atoms. The van der Waals surface area contributed by atoms with Gasteiger partial charge in [-0.25, -0.2) is 0 Å². The van der Waals surface area contributed by atoms with Gasteiger partial charge in [0.25, 0.3) is 0 Å². The Bertz CT molecular complexity index is 277. The molecule has 2 aliphatic rings. The van der Waals surface area contributed by atoms with Crippen molar-refractivity contribution in [3.8, 4) is 0 Å². The fourth-order valence-corrected chi connectivity index (χ4v) is 3.76. The van der Waals surface area contributed by atoms with Crippen LogP contribution in [0.5, 0.6) is 0 Å². The molecule has 1 saturated carbocycles. The summed E-state index contributed by atoms with van der Waals surface area (Å²) in [6, 6.07) is 1.11. The zero-order chi connectivity index (χ0) is 13.3. The molecule has 106 valence electrons. The van der Waals surface area contributed by atoms with Crippen LogP contribution < -0.4 is 5.73 Å². The van der Waals surface area contributed by atoms with E-state index in [0.29, 0.717) is 17.4 Å². The maximum Gasteiger partial charge on any atom is 0.0220 e. The molecule has 0 aromatic carbocycles. The van der Waals surface area contributed by atoms with E-state index in [9.17, 15) is 0 Å². The van der Waals surface area contributed by atoms with Gasteiger partial charge in [-0.15, -0.1) is 0 Å². The molecule has 0 spiro atoms. The predicted molar refractivity (Wildman–Crippen MR) is 77.6 cm³/mol. The van der Waals surface area contributed by atoms with Gasteiger partial charge in [0, 0.05) is 25.2 Å². The Morgan fingerprint density at radius 2 is 2.06 bits per heavy atom. The fraction of sp³-hybridized carbons (Fsp3) is 1.00. The monoisotopic (exact) mass is 253 g/mol. The predicted octanol–water partition coefficient (Wildman–Crippen LogP) is 1.78. The van der Waals surface area contributed by atoms with Crippen molar-refractivity contribution in [2.24, 2.45) is 17.1 Å². The van der Waals surface area contributed by atoms with E-state index in [1.165, 1.54) is 45.3 Å². The number of nitrogens with zero attached hydrogens (tertiary/aromatic N) is 2. The van der Waals surface area contributed by atoms with Crippen LogP contribution in [0.4, 0.5) is 0 Å². The molecule has 1 aliphatic carbocycles. The second-order valence-electron chi connectivity index (χ2n) is 7.31. The van der Waals surface area contributed by atoms with Gasteiger partial charge in [0.15, 0.2) is 0 Å². The standard InChI is InChI=1S/C15H31N3/c1-15(2)8-7-12(14(15)16)10-18(4)13-6-5-9-17(3)11-13/h12-14H,5-11,16H2,1-4H3. The quantitative estimate of drug-likeness (QED) is 0.832. The zero-order valence-corrected chi connectivity index (χ0v) is 12.7. The van der Waals surface area contributed by atoms with Crippen LogP contribution in [-0.2, 0) is 0 Å². The van der Waals surface area contributed by atoms with E-state index in [1.54, 1.807) is 0 Å². The van der Waals surface area contributed by atoms with Gasteiger partial charge < -0.3 is 15.5 Å². The van der Waals surface area contributed by atoms with Crippen LogP contribution in [0.1, 0.15) is 39.5 Å².